The lowest BCUT2D eigenvalue weighted by Gasteiger charge is -2.13. The Morgan fingerprint density at radius 1 is 0.852 bits per heavy atom. The maximum atomic E-state index is 12.3. The van der Waals surface area contributed by atoms with Gasteiger partial charge in [-0.25, -0.2) is 0 Å². The third kappa shape index (κ3) is 4.95. The standard InChI is InChI=1S/C22H20N2O3/c23-22(26)18-11-5-7-13-20(18)27-15-21(25)24-19-12-6-4-10-17(19)14-16-8-2-1-3-9-16/h1-13H,14-15H2,(H2,23,26)(H,24,25). The molecule has 27 heavy (non-hydrogen) atoms. The minimum Gasteiger partial charge on any atom is -0.483 e. The molecule has 136 valence electrons. The van der Waals surface area contributed by atoms with Gasteiger partial charge in [-0.1, -0.05) is 60.7 Å². The first-order chi connectivity index (χ1) is 13.1. The second-order valence-electron chi connectivity index (χ2n) is 6.02. The molecule has 0 aromatic heterocycles. The van der Waals surface area contributed by atoms with Crippen molar-refractivity contribution >= 4 is 17.5 Å². The molecule has 5 nitrogen and oxygen atoms in total. The number of carbonyl (C=O) groups is 2. The van der Waals surface area contributed by atoms with E-state index >= 15 is 0 Å². The minimum absolute atomic E-state index is 0.218. The number of anilines is 1. The van der Waals surface area contributed by atoms with Crippen LogP contribution in [-0.2, 0) is 11.2 Å². The Labute approximate surface area is 157 Å². The molecule has 0 aliphatic rings. The van der Waals surface area contributed by atoms with Crippen molar-refractivity contribution in [2.45, 2.75) is 6.42 Å². The molecule has 3 aromatic carbocycles. The Balaban J connectivity index is 1.66. The molecule has 5 heteroatoms. The quantitative estimate of drug-likeness (QED) is 0.678. The number of carbonyl (C=O) groups excluding carboxylic acids is 2. The summed E-state index contributed by atoms with van der Waals surface area (Å²) in [5.74, 6) is -0.619. The molecule has 0 spiro atoms. The number of nitrogens with one attached hydrogen (secondary N) is 1. The van der Waals surface area contributed by atoms with Crippen molar-refractivity contribution in [2.24, 2.45) is 5.73 Å². The zero-order valence-corrected chi connectivity index (χ0v) is 14.7. The van der Waals surface area contributed by atoms with Crippen LogP contribution >= 0.6 is 0 Å². The van der Waals surface area contributed by atoms with E-state index in [9.17, 15) is 9.59 Å². The Morgan fingerprint density at radius 3 is 2.30 bits per heavy atom. The maximum absolute atomic E-state index is 12.3. The van der Waals surface area contributed by atoms with E-state index in [4.69, 9.17) is 10.5 Å². The highest BCUT2D eigenvalue weighted by Gasteiger charge is 2.12. The van der Waals surface area contributed by atoms with Gasteiger partial charge < -0.3 is 15.8 Å². The highest BCUT2D eigenvalue weighted by molar-refractivity contribution is 5.96. The van der Waals surface area contributed by atoms with Gasteiger partial charge in [-0.05, 0) is 35.7 Å². The molecular weight excluding hydrogens is 340 g/mol. The summed E-state index contributed by atoms with van der Waals surface area (Å²) < 4.78 is 5.48. The molecule has 3 aromatic rings. The van der Waals surface area contributed by atoms with Gasteiger partial charge in [0.2, 0.25) is 0 Å². The molecule has 0 aliphatic carbocycles. The molecule has 0 radical (unpaired) electrons. The number of hydrogen-bond donors (Lipinski definition) is 2. The maximum Gasteiger partial charge on any atom is 0.262 e. The summed E-state index contributed by atoms with van der Waals surface area (Å²) in [6.45, 7) is -0.218. The predicted octanol–water partition coefficient (Wildman–Crippen LogP) is 3.39. The van der Waals surface area contributed by atoms with Crippen LogP contribution in [-0.4, -0.2) is 18.4 Å². The van der Waals surface area contributed by atoms with Crippen molar-refractivity contribution in [2.75, 3.05) is 11.9 Å². The van der Waals surface area contributed by atoms with Crippen LogP contribution in [0, 0.1) is 0 Å². The summed E-state index contributed by atoms with van der Waals surface area (Å²) in [5.41, 5.74) is 8.46. The number of nitrogens with two attached hydrogens (primary N) is 1. The van der Waals surface area contributed by atoms with E-state index in [0.717, 1.165) is 16.8 Å². The van der Waals surface area contributed by atoms with E-state index in [-0.39, 0.29) is 23.8 Å². The number of primary amides is 1. The van der Waals surface area contributed by atoms with Gasteiger partial charge in [-0.2, -0.15) is 0 Å². The SMILES string of the molecule is NC(=O)c1ccccc1OCC(=O)Nc1ccccc1Cc1ccccc1. The van der Waals surface area contributed by atoms with E-state index in [2.05, 4.69) is 5.32 Å². The molecule has 3 rings (SSSR count). The van der Waals surface area contributed by atoms with Crippen LogP contribution in [0.2, 0.25) is 0 Å². The molecule has 0 atom stereocenters. The van der Waals surface area contributed by atoms with E-state index in [1.165, 1.54) is 0 Å². The molecule has 0 fully saturated rings. The second-order valence-corrected chi connectivity index (χ2v) is 6.02. The van der Waals surface area contributed by atoms with Gasteiger partial charge in [0, 0.05) is 5.69 Å². The largest absolute Gasteiger partial charge is 0.483 e. The van der Waals surface area contributed by atoms with Crippen LogP contribution in [0.4, 0.5) is 5.69 Å². The number of amides is 2. The van der Waals surface area contributed by atoms with Crippen molar-refractivity contribution in [1.82, 2.24) is 0 Å². The van der Waals surface area contributed by atoms with Crippen molar-refractivity contribution in [3.05, 3.63) is 95.6 Å². The fourth-order valence-corrected chi connectivity index (χ4v) is 2.74. The van der Waals surface area contributed by atoms with Gasteiger partial charge in [0.1, 0.15) is 5.75 Å². The van der Waals surface area contributed by atoms with Crippen LogP contribution in [0.1, 0.15) is 21.5 Å². The zero-order chi connectivity index (χ0) is 19.1. The number of hydrogen-bond acceptors (Lipinski definition) is 3. The first-order valence-corrected chi connectivity index (χ1v) is 8.57. The van der Waals surface area contributed by atoms with E-state index < -0.39 is 5.91 Å². The molecule has 0 saturated heterocycles. The van der Waals surface area contributed by atoms with Gasteiger partial charge in [0.25, 0.3) is 11.8 Å². The van der Waals surface area contributed by atoms with Crippen LogP contribution in [0.15, 0.2) is 78.9 Å². The topological polar surface area (TPSA) is 81.4 Å². The number of rotatable bonds is 7. The fourth-order valence-electron chi connectivity index (χ4n) is 2.74. The lowest BCUT2D eigenvalue weighted by molar-refractivity contribution is -0.118. The van der Waals surface area contributed by atoms with Gasteiger partial charge >= 0.3 is 0 Å². The van der Waals surface area contributed by atoms with Crippen molar-refractivity contribution in [3.8, 4) is 5.75 Å². The molecule has 0 bridgehead atoms. The highest BCUT2D eigenvalue weighted by Crippen LogP contribution is 2.20. The van der Waals surface area contributed by atoms with Crippen molar-refractivity contribution in [1.29, 1.82) is 0 Å². The van der Waals surface area contributed by atoms with Crippen LogP contribution in [0.3, 0.4) is 0 Å². The Morgan fingerprint density at radius 2 is 1.52 bits per heavy atom. The third-order valence-corrected chi connectivity index (χ3v) is 4.04. The Kier molecular flexibility index (Phi) is 5.84. The molecular formula is C22H20N2O3. The van der Waals surface area contributed by atoms with E-state index in [0.29, 0.717) is 6.42 Å². The number of ether oxygens (including phenoxy) is 1. The summed E-state index contributed by atoms with van der Waals surface area (Å²) in [6, 6.07) is 24.2. The highest BCUT2D eigenvalue weighted by atomic mass is 16.5. The smallest absolute Gasteiger partial charge is 0.262 e. The lowest BCUT2D eigenvalue weighted by atomic mass is 10.0. The monoisotopic (exact) mass is 360 g/mol. The Bertz CT molecular complexity index is 939. The molecule has 3 N–H and O–H groups in total. The van der Waals surface area contributed by atoms with E-state index in [1.807, 2.05) is 54.6 Å². The third-order valence-electron chi connectivity index (χ3n) is 4.04. The Hall–Kier alpha value is -3.60. The summed E-state index contributed by atoms with van der Waals surface area (Å²) in [5, 5.41) is 2.87. The van der Waals surface area contributed by atoms with Crippen molar-refractivity contribution in [3.63, 3.8) is 0 Å². The number of para-hydroxylation sites is 2. The zero-order valence-electron chi connectivity index (χ0n) is 14.7. The molecule has 0 saturated carbocycles. The summed E-state index contributed by atoms with van der Waals surface area (Å²) in [6.07, 6.45) is 0.711. The van der Waals surface area contributed by atoms with Crippen LogP contribution < -0.4 is 15.8 Å². The van der Waals surface area contributed by atoms with Gasteiger partial charge in [-0.3, -0.25) is 9.59 Å². The summed E-state index contributed by atoms with van der Waals surface area (Å²) >= 11 is 0. The molecule has 0 unspecified atom stereocenters. The first-order valence-electron chi connectivity index (χ1n) is 8.57. The minimum atomic E-state index is -0.598. The fraction of sp³-hybridized carbons (Fsp3) is 0.0909. The lowest BCUT2D eigenvalue weighted by Crippen LogP contribution is -2.22. The molecule has 2 amide bonds. The van der Waals surface area contributed by atoms with Crippen LogP contribution in [0.25, 0.3) is 0 Å². The average molecular weight is 360 g/mol. The molecule has 0 aliphatic heterocycles. The van der Waals surface area contributed by atoms with Crippen molar-refractivity contribution < 1.29 is 14.3 Å². The van der Waals surface area contributed by atoms with Crippen LogP contribution in [0.5, 0.6) is 5.75 Å². The second kappa shape index (κ2) is 8.67. The van der Waals surface area contributed by atoms with Gasteiger partial charge in [-0.15, -0.1) is 0 Å². The first kappa shape index (κ1) is 18.2. The summed E-state index contributed by atoms with van der Waals surface area (Å²) in [4.78, 5) is 23.7. The predicted molar refractivity (Wildman–Crippen MR) is 105 cm³/mol. The van der Waals surface area contributed by atoms with E-state index in [1.54, 1.807) is 24.3 Å². The van der Waals surface area contributed by atoms with Gasteiger partial charge in [0.15, 0.2) is 6.61 Å². The number of benzene rings is 3. The summed E-state index contributed by atoms with van der Waals surface area (Å²) in [7, 11) is 0. The average Bonchev–Trinajstić information content (AvgIpc) is 2.69. The normalized spacial score (nSPS) is 10.2. The van der Waals surface area contributed by atoms with Gasteiger partial charge in [0.05, 0.1) is 5.56 Å². The molecule has 0 heterocycles.